The fourth-order valence-electron chi connectivity index (χ4n) is 6.52. The molecule has 7 atom stereocenters. The minimum Gasteiger partial charge on any atom is -0.394 e. The fraction of sp³-hybridized carbons (Fsp3) is 0.973. The number of aliphatic hydroxyl groups is 4. The van der Waals surface area contributed by atoms with Crippen LogP contribution in [0.25, 0.3) is 0 Å². The van der Waals surface area contributed by atoms with Gasteiger partial charge >= 0.3 is 10.4 Å². The number of hydrogen-bond donors (Lipinski definition) is 6. The van der Waals surface area contributed by atoms with Crippen molar-refractivity contribution in [3.05, 3.63) is 0 Å². The van der Waals surface area contributed by atoms with Crippen LogP contribution >= 0.6 is 0 Å². The average molecular weight is 740 g/mol. The molecule has 12 nitrogen and oxygen atoms in total. The van der Waals surface area contributed by atoms with Crippen LogP contribution in [0.2, 0.25) is 0 Å². The van der Waals surface area contributed by atoms with E-state index in [1.807, 2.05) is 0 Å². The zero-order valence-electron chi connectivity index (χ0n) is 31.2. The molecule has 0 aromatic carbocycles. The van der Waals surface area contributed by atoms with Crippen LogP contribution in [0.4, 0.5) is 0 Å². The van der Waals surface area contributed by atoms with Gasteiger partial charge in [0.2, 0.25) is 5.91 Å². The third kappa shape index (κ3) is 22.9. The monoisotopic (exact) mass is 739 g/mol. The molecular weight excluding hydrogens is 666 g/mol. The lowest BCUT2D eigenvalue weighted by molar-refractivity contribution is -0.298. The highest BCUT2D eigenvalue weighted by molar-refractivity contribution is 7.80. The maximum atomic E-state index is 12.9. The van der Waals surface area contributed by atoms with Crippen molar-refractivity contribution in [3.8, 4) is 0 Å². The smallest absolute Gasteiger partial charge is 0.394 e. The third-order valence-electron chi connectivity index (χ3n) is 9.67. The summed E-state index contributed by atoms with van der Waals surface area (Å²) in [5.41, 5.74) is 0. The number of nitrogens with one attached hydrogen (secondary N) is 1. The predicted octanol–water partition coefficient (Wildman–Crippen LogP) is 6.27. The van der Waals surface area contributed by atoms with Gasteiger partial charge in [-0.2, -0.15) is 8.42 Å². The molecule has 0 radical (unpaired) electrons. The van der Waals surface area contributed by atoms with Gasteiger partial charge in [-0.05, 0) is 12.8 Å². The van der Waals surface area contributed by atoms with Gasteiger partial charge in [-0.1, -0.05) is 155 Å². The van der Waals surface area contributed by atoms with Crippen molar-refractivity contribution in [2.75, 3.05) is 13.2 Å². The van der Waals surface area contributed by atoms with Crippen molar-refractivity contribution in [1.82, 2.24) is 5.32 Å². The highest BCUT2D eigenvalue weighted by Gasteiger charge is 2.48. The van der Waals surface area contributed by atoms with Crippen molar-refractivity contribution in [2.24, 2.45) is 0 Å². The maximum absolute atomic E-state index is 12.9. The summed E-state index contributed by atoms with van der Waals surface area (Å²) in [6.45, 7) is 3.39. The summed E-state index contributed by atoms with van der Waals surface area (Å²) in [5, 5.41) is 44.6. The van der Waals surface area contributed by atoms with Gasteiger partial charge in [0.05, 0.1) is 25.4 Å². The number of rotatable bonds is 33. The first kappa shape index (κ1) is 47.1. The fourth-order valence-corrected chi connectivity index (χ4v) is 7.03. The second-order valence-electron chi connectivity index (χ2n) is 14.2. The number of carbonyl (C=O) groups is 1. The zero-order valence-corrected chi connectivity index (χ0v) is 32.0. The third-order valence-corrected chi connectivity index (χ3v) is 10.1. The molecule has 1 saturated heterocycles. The van der Waals surface area contributed by atoms with Gasteiger partial charge in [0.25, 0.3) is 0 Å². The molecule has 0 saturated carbocycles. The van der Waals surface area contributed by atoms with Crippen LogP contribution in [0.15, 0.2) is 0 Å². The molecule has 7 unspecified atom stereocenters. The van der Waals surface area contributed by atoms with Crippen molar-refractivity contribution in [2.45, 2.75) is 217 Å². The van der Waals surface area contributed by atoms with Crippen molar-refractivity contribution in [1.29, 1.82) is 0 Å². The summed E-state index contributed by atoms with van der Waals surface area (Å²) in [6.07, 6.45) is 18.3. The number of carbonyl (C=O) groups excluding carboxylic acids is 1. The van der Waals surface area contributed by atoms with E-state index in [2.05, 4.69) is 23.3 Å². The first-order valence-corrected chi connectivity index (χ1v) is 21.3. The molecule has 0 aromatic rings. The van der Waals surface area contributed by atoms with Crippen LogP contribution in [0.1, 0.15) is 174 Å². The molecule has 13 heteroatoms. The van der Waals surface area contributed by atoms with Gasteiger partial charge in [-0.3, -0.25) is 9.35 Å². The van der Waals surface area contributed by atoms with Crippen molar-refractivity contribution >= 4 is 16.3 Å². The van der Waals surface area contributed by atoms with E-state index in [9.17, 15) is 33.6 Å². The number of amides is 1. The highest BCUT2D eigenvalue weighted by atomic mass is 32.3. The van der Waals surface area contributed by atoms with Crippen LogP contribution < -0.4 is 5.32 Å². The Morgan fingerprint density at radius 2 is 1.16 bits per heavy atom. The molecule has 0 aromatic heterocycles. The van der Waals surface area contributed by atoms with Gasteiger partial charge in [0.1, 0.15) is 24.4 Å². The van der Waals surface area contributed by atoms with Crippen LogP contribution in [-0.2, 0) is 28.9 Å². The topological polar surface area (TPSA) is 192 Å². The molecule has 0 aliphatic carbocycles. The minimum atomic E-state index is -5.06. The van der Waals surface area contributed by atoms with Crippen molar-refractivity contribution < 1.29 is 51.8 Å². The molecule has 0 spiro atoms. The summed E-state index contributed by atoms with van der Waals surface area (Å²) >= 11 is 0. The molecule has 1 rings (SSSR count). The van der Waals surface area contributed by atoms with Gasteiger partial charge in [0.15, 0.2) is 6.29 Å². The SMILES string of the molecule is CCCCCCCCCCCCCCCCC(O)C(COC1OC(CO)C(O)C(OS(=O)(=O)O)C1O)NC(=O)CCCCCCCCCCC. The van der Waals surface area contributed by atoms with Crippen molar-refractivity contribution in [3.63, 3.8) is 0 Å². The number of unbranched alkanes of at least 4 members (excludes halogenated alkanes) is 21. The standard InChI is InChI=1S/C37H73NO11S/c1-3-5-7-9-11-13-14-15-16-17-19-20-22-24-26-31(40)30(38-33(41)27-25-23-21-18-12-10-8-6-4-2)29-47-37-35(43)36(49-50(44,45)46)34(42)32(28-39)48-37/h30-32,34-37,39-40,42-43H,3-29H2,1-2H3,(H,38,41)(H,44,45,46). The normalized spacial score (nSPS) is 22.4. The van der Waals surface area contributed by atoms with E-state index in [0.29, 0.717) is 12.8 Å². The number of aliphatic hydroxyl groups excluding tert-OH is 4. The Morgan fingerprint density at radius 1 is 0.720 bits per heavy atom. The molecule has 50 heavy (non-hydrogen) atoms. The van der Waals surface area contributed by atoms with Crippen LogP contribution in [0, 0.1) is 0 Å². The number of hydrogen-bond acceptors (Lipinski definition) is 10. The first-order chi connectivity index (χ1) is 24.0. The Kier molecular flexibility index (Phi) is 27.8. The lowest BCUT2D eigenvalue weighted by Gasteiger charge is -2.41. The van der Waals surface area contributed by atoms with Crippen LogP contribution in [0.3, 0.4) is 0 Å². The largest absolute Gasteiger partial charge is 0.397 e. The zero-order chi connectivity index (χ0) is 37.0. The average Bonchev–Trinajstić information content (AvgIpc) is 3.08. The van der Waals surface area contributed by atoms with E-state index >= 15 is 0 Å². The molecule has 6 N–H and O–H groups in total. The second-order valence-corrected chi connectivity index (χ2v) is 15.3. The Morgan fingerprint density at radius 3 is 1.60 bits per heavy atom. The second kappa shape index (κ2) is 29.5. The van der Waals surface area contributed by atoms with Gasteiger partial charge < -0.3 is 35.2 Å². The van der Waals surface area contributed by atoms with Crippen LogP contribution in [0.5, 0.6) is 0 Å². The van der Waals surface area contributed by atoms with E-state index in [-0.39, 0.29) is 12.5 Å². The summed E-state index contributed by atoms with van der Waals surface area (Å²) in [6, 6.07) is -0.848. The van der Waals surface area contributed by atoms with Gasteiger partial charge in [-0.15, -0.1) is 0 Å². The molecule has 298 valence electrons. The van der Waals surface area contributed by atoms with E-state index in [4.69, 9.17) is 14.0 Å². The first-order valence-electron chi connectivity index (χ1n) is 19.9. The molecule has 1 fully saturated rings. The highest BCUT2D eigenvalue weighted by Crippen LogP contribution is 2.26. The van der Waals surface area contributed by atoms with Crippen LogP contribution in [-0.4, -0.2) is 95.4 Å². The molecule has 1 aliphatic rings. The summed E-state index contributed by atoms with van der Waals surface area (Å²) < 4.78 is 47.4. The number of ether oxygens (including phenoxy) is 2. The lowest BCUT2D eigenvalue weighted by atomic mass is 9.99. The van der Waals surface area contributed by atoms with E-state index in [0.717, 1.165) is 51.4 Å². The molecular formula is C37H73NO11S. The predicted molar refractivity (Wildman–Crippen MR) is 195 cm³/mol. The summed E-state index contributed by atoms with van der Waals surface area (Å²) in [4.78, 5) is 12.9. The Balaban J connectivity index is 2.58. The summed E-state index contributed by atoms with van der Waals surface area (Å²) in [7, 11) is -5.06. The molecule has 1 heterocycles. The minimum absolute atomic E-state index is 0.233. The molecule has 1 amide bonds. The Hall–Kier alpha value is -0.900. The lowest BCUT2D eigenvalue weighted by Crippen LogP contribution is -2.61. The Bertz CT molecular complexity index is 925. The molecule has 1 aliphatic heterocycles. The maximum Gasteiger partial charge on any atom is 0.397 e. The van der Waals surface area contributed by atoms with Gasteiger partial charge in [0, 0.05) is 6.42 Å². The molecule has 0 bridgehead atoms. The quantitative estimate of drug-likeness (QED) is 0.0329. The van der Waals surface area contributed by atoms with E-state index in [1.54, 1.807) is 0 Å². The van der Waals surface area contributed by atoms with Gasteiger partial charge in [-0.25, -0.2) is 4.18 Å². The summed E-state index contributed by atoms with van der Waals surface area (Å²) in [5.74, 6) is -0.233. The van der Waals surface area contributed by atoms with E-state index in [1.165, 1.54) is 96.3 Å². The van der Waals surface area contributed by atoms with E-state index < -0.39 is 59.9 Å². The Labute approximate surface area is 303 Å².